The molecule has 2 N–H and O–H groups in total. The molecule has 0 amide bonds. The van der Waals surface area contributed by atoms with Crippen LogP contribution in [0.1, 0.15) is 19.3 Å². The minimum absolute atomic E-state index is 0.00527. The average Bonchev–Trinajstić information content (AvgIpc) is 3.32. The van der Waals surface area contributed by atoms with Gasteiger partial charge in [-0.05, 0) is 37.9 Å². The van der Waals surface area contributed by atoms with E-state index >= 15 is 0 Å². The van der Waals surface area contributed by atoms with E-state index in [2.05, 4.69) is 10.5 Å². The average molecular weight is 383 g/mol. The van der Waals surface area contributed by atoms with Crippen molar-refractivity contribution < 1.29 is 18.0 Å². The second-order valence-electron chi connectivity index (χ2n) is 6.76. The van der Waals surface area contributed by atoms with Gasteiger partial charge < -0.3 is 14.9 Å². The first-order chi connectivity index (χ1) is 12.0. The van der Waals surface area contributed by atoms with E-state index in [1.807, 2.05) is 0 Å². The second-order valence-corrected chi connectivity index (χ2v) is 10.0. The molecule has 2 fully saturated rings. The Morgan fingerprint density at radius 3 is 3.08 bits per heavy atom. The van der Waals surface area contributed by atoms with Gasteiger partial charge in [-0.3, -0.25) is 0 Å². The zero-order valence-corrected chi connectivity index (χ0v) is 15.4. The summed E-state index contributed by atoms with van der Waals surface area (Å²) in [5, 5.41) is 17.3. The fraction of sp³-hybridized carbons (Fsp3) is 0.562. The molecular weight excluding hydrogens is 362 g/mol. The van der Waals surface area contributed by atoms with Crippen LogP contribution in [0.5, 0.6) is 0 Å². The van der Waals surface area contributed by atoms with E-state index in [0.717, 1.165) is 30.7 Å². The van der Waals surface area contributed by atoms with Gasteiger partial charge in [0.05, 0.1) is 11.5 Å². The number of sulfonamides is 1. The lowest BCUT2D eigenvalue weighted by Crippen LogP contribution is -2.61. The third-order valence-corrected chi connectivity index (χ3v) is 8.74. The molecule has 0 aromatic carbocycles. The summed E-state index contributed by atoms with van der Waals surface area (Å²) in [4.78, 5) is 0.762. The van der Waals surface area contributed by atoms with Crippen LogP contribution in [0, 0.1) is 5.41 Å². The van der Waals surface area contributed by atoms with Gasteiger partial charge in [-0.15, -0.1) is 11.3 Å². The van der Waals surface area contributed by atoms with Crippen LogP contribution in [0.4, 0.5) is 0 Å². The molecule has 2 atom stereocenters. The zero-order chi connectivity index (χ0) is 17.5. The highest BCUT2D eigenvalue weighted by atomic mass is 32.2. The molecule has 2 aliphatic rings. The van der Waals surface area contributed by atoms with Gasteiger partial charge in [0.2, 0.25) is 0 Å². The van der Waals surface area contributed by atoms with Gasteiger partial charge in [0.1, 0.15) is 16.2 Å². The highest BCUT2D eigenvalue weighted by Gasteiger charge is 2.47. The van der Waals surface area contributed by atoms with Crippen molar-refractivity contribution >= 4 is 21.4 Å². The monoisotopic (exact) mass is 383 g/mol. The summed E-state index contributed by atoms with van der Waals surface area (Å²) in [6, 6.07) is 5.28. The molecule has 7 nitrogen and oxygen atoms in total. The lowest BCUT2D eigenvalue weighted by Gasteiger charge is -2.49. The van der Waals surface area contributed by atoms with E-state index in [9.17, 15) is 13.5 Å². The Balaban J connectivity index is 1.60. The number of nitrogens with zero attached hydrogens (tertiary/aromatic N) is 2. The van der Waals surface area contributed by atoms with E-state index in [1.165, 1.54) is 21.9 Å². The molecule has 0 bridgehead atoms. The standard InChI is InChI=1S/C16H21N3O4S2/c20-11-16-6-1-7-17-14(16)4-8-19(10-16)25(21,22)15-3-2-13(24-15)12-5-9-23-18-12/h2-3,5,9,14,17,20H,1,4,6-8,10-11H2/t14-,16-/m1/s1. The largest absolute Gasteiger partial charge is 0.396 e. The van der Waals surface area contributed by atoms with Crippen LogP contribution in [0.25, 0.3) is 10.6 Å². The molecule has 2 aliphatic heterocycles. The number of nitrogens with one attached hydrogen (secondary N) is 1. The van der Waals surface area contributed by atoms with E-state index in [-0.39, 0.29) is 18.1 Å². The number of piperidine rings is 2. The Hall–Kier alpha value is -1.26. The SMILES string of the molecule is O=S(=O)(c1ccc(-c2ccon2)s1)N1CC[C@H]2NCCC[C@]2(CO)C1. The van der Waals surface area contributed by atoms with Crippen molar-refractivity contribution in [2.75, 3.05) is 26.2 Å². The van der Waals surface area contributed by atoms with Crippen molar-refractivity contribution in [3.63, 3.8) is 0 Å². The number of hydrogen-bond acceptors (Lipinski definition) is 7. The van der Waals surface area contributed by atoms with Crippen LogP contribution in [0.2, 0.25) is 0 Å². The second kappa shape index (κ2) is 6.48. The molecule has 2 aromatic heterocycles. The molecular formula is C16H21N3O4S2. The molecule has 0 radical (unpaired) electrons. The van der Waals surface area contributed by atoms with Gasteiger partial charge in [-0.1, -0.05) is 5.16 Å². The Morgan fingerprint density at radius 2 is 2.32 bits per heavy atom. The molecule has 4 rings (SSSR count). The molecule has 0 aliphatic carbocycles. The van der Waals surface area contributed by atoms with Crippen molar-refractivity contribution in [3.8, 4) is 10.6 Å². The molecule has 25 heavy (non-hydrogen) atoms. The lowest BCUT2D eigenvalue weighted by molar-refractivity contribution is 0.00553. The van der Waals surface area contributed by atoms with Crippen molar-refractivity contribution in [3.05, 3.63) is 24.5 Å². The highest BCUT2D eigenvalue weighted by Crippen LogP contribution is 2.40. The molecule has 2 saturated heterocycles. The number of aliphatic hydroxyl groups is 1. The number of fused-ring (bicyclic) bond motifs is 1. The van der Waals surface area contributed by atoms with Crippen LogP contribution in [-0.4, -0.2) is 55.3 Å². The van der Waals surface area contributed by atoms with E-state index < -0.39 is 10.0 Å². The first kappa shape index (κ1) is 17.2. The van der Waals surface area contributed by atoms with Crippen molar-refractivity contribution in [1.82, 2.24) is 14.8 Å². The summed E-state index contributed by atoms with van der Waals surface area (Å²) in [6.07, 6.45) is 4.00. The summed E-state index contributed by atoms with van der Waals surface area (Å²) in [7, 11) is -3.58. The summed E-state index contributed by atoms with van der Waals surface area (Å²) in [6.45, 7) is 1.77. The van der Waals surface area contributed by atoms with Crippen molar-refractivity contribution in [2.24, 2.45) is 5.41 Å². The number of aliphatic hydroxyl groups excluding tert-OH is 1. The zero-order valence-electron chi connectivity index (χ0n) is 13.7. The maximum Gasteiger partial charge on any atom is 0.252 e. The fourth-order valence-corrected chi connectivity index (χ4v) is 6.89. The lowest BCUT2D eigenvalue weighted by atomic mass is 9.71. The fourth-order valence-electron chi connectivity index (χ4n) is 3.92. The van der Waals surface area contributed by atoms with Gasteiger partial charge in [0, 0.05) is 30.6 Å². The smallest absolute Gasteiger partial charge is 0.252 e. The molecule has 0 saturated carbocycles. The number of aromatic nitrogens is 1. The first-order valence-corrected chi connectivity index (χ1v) is 10.7. The minimum Gasteiger partial charge on any atom is -0.396 e. The molecule has 4 heterocycles. The van der Waals surface area contributed by atoms with Crippen LogP contribution >= 0.6 is 11.3 Å². The third kappa shape index (κ3) is 2.93. The van der Waals surface area contributed by atoms with Crippen LogP contribution in [-0.2, 0) is 10.0 Å². The normalized spacial score (nSPS) is 28.0. The van der Waals surface area contributed by atoms with Crippen LogP contribution in [0.15, 0.2) is 33.2 Å². The summed E-state index contributed by atoms with van der Waals surface area (Å²) >= 11 is 1.20. The predicted octanol–water partition coefficient (Wildman–Crippen LogP) is 1.53. The molecule has 0 spiro atoms. The molecule has 2 aromatic rings. The Labute approximate surface area is 150 Å². The molecule has 9 heteroatoms. The van der Waals surface area contributed by atoms with Crippen molar-refractivity contribution in [2.45, 2.75) is 29.5 Å². The van der Waals surface area contributed by atoms with Crippen LogP contribution < -0.4 is 5.32 Å². The topological polar surface area (TPSA) is 95.7 Å². The summed E-state index contributed by atoms with van der Waals surface area (Å²) < 4.78 is 32.9. The minimum atomic E-state index is -3.58. The third-order valence-electron chi connectivity index (χ3n) is 5.32. The van der Waals surface area contributed by atoms with E-state index in [4.69, 9.17) is 4.52 Å². The van der Waals surface area contributed by atoms with Gasteiger partial charge in [-0.2, -0.15) is 4.31 Å². The highest BCUT2D eigenvalue weighted by molar-refractivity contribution is 7.91. The van der Waals surface area contributed by atoms with Gasteiger partial charge in [0.15, 0.2) is 0 Å². The van der Waals surface area contributed by atoms with Gasteiger partial charge in [-0.25, -0.2) is 8.42 Å². The summed E-state index contributed by atoms with van der Waals surface area (Å²) in [5.41, 5.74) is 0.254. The van der Waals surface area contributed by atoms with Crippen LogP contribution in [0.3, 0.4) is 0 Å². The van der Waals surface area contributed by atoms with E-state index in [1.54, 1.807) is 18.2 Å². The van der Waals surface area contributed by atoms with Gasteiger partial charge >= 0.3 is 0 Å². The maximum absolute atomic E-state index is 13.1. The van der Waals surface area contributed by atoms with Crippen molar-refractivity contribution in [1.29, 1.82) is 0 Å². The number of thiophene rings is 1. The van der Waals surface area contributed by atoms with E-state index in [0.29, 0.717) is 23.0 Å². The predicted molar refractivity (Wildman–Crippen MR) is 93.7 cm³/mol. The quantitative estimate of drug-likeness (QED) is 0.831. The Bertz CT molecular complexity index is 833. The number of hydrogen-bond donors (Lipinski definition) is 2. The number of rotatable bonds is 4. The maximum atomic E-state index is 13.1. The molecule has 136 valence electrons. The molecule has 0 unspecified atom stereocenters. The van der Waals surface area contributed by atoms with Gasteiger partial charge in [0.25, 0.3) is 10.0 Å². The Morgan fingerprint density at radius 1 is 1.44 bits per heavy atom. The summed E-state index contributed by atoms with van der Waals surface area (Å²) in [5.74, 6) is 0. The Kier molecular flexibility index (Phi) is 4.45. The first-order valence-electron chi connectivity index (χ1n) is 8.40.